The number of carbonyl (C=O) groups is 3. The Morgan fingerprint density at radius 3 is 2.88 bits per heavy atom. The summed E-state index contributed by atoms with van der Waals surface area (Å²) in [4.78, 5) is 38.7. The molecule has 1 aliphatic rings. The number of nitrogens with zero attached hydrogens (tertiary/aromatic N) is 3. The van der Waals surface area contributed by atoms with E-state index in [2.05, 4.69) is 20.8 Å². The fourth-order valence-corrected chi connectivity index (χ4v) is 5.71. The van der Waals surface area contributed by atoms with Gasteiger partial charge in [0.05, 0.1) is 30.2 Å². The van der Waals surface area contributed by atoms with E-state index in [4.69, 9.17) is 9.15 Å². The van der Waals surface area contributed by atoms with E-state index in [1.165, 1.54) is 29.4 Å². The number of esters is 1. The second kappa shape index (κ2) is 10.4. The van der Waals surface area contributed by atoms with Crippen LogP contribution in [-0.4, -0.2) is 44.4 Å². The molecule has 10 nitrogen and oxygen atoms in total. The highest BCUT2D eigenvalue weighted by atomic mass is 32.2. The van der Waals surface area contributed by atoms with Crippen LogP contribution >= 0.6 is 23.1 Å². The molecular weight excluding hydrogens is 478 g/mol. The second-order valence-corrected chi connectivity index (χ2v) is 10.1. The van der Waals surface area contributed by atoms with Gasteiger partial charge < -0.3 is 24.4 Å². The zero-order valence-electron chi connectivity index (χ0n) is 19.0. The van der Waals surface area contributed by atoms with E-state index in [1.807, 2.05) is 0 Å². The van der Waals surface area contributed by atoms with Crippen LogP contribution in [-0.2, 0) is 36.0 Å². The fourth-order valence-electron chi connectivity index (χ4n) is 3.59. The number of aromatic nitrogens is 3. The zero-order valence-corrected chi connectivity index (χ0v) is 20.7. The van der Waals surface area contributed by atoms with Crippen molar-refractivity contribution in [3.63, 3.8) is 0 Å². The van der Waals surface area contributed by atoms with Gasteiger partial charge in [0.2, 0.25) is 5.91 Å². The summed E-state index contributed by atoms with van der Waals surface area (Å²) in [5.41, 5.74) is 1.48. The number of amides is 2. The molecule has 34 heavy (non-hydrogen) atoms. The molecule has 1 atom stereocenters. The first-order valence-electron chi connectivity index (χ1n) is 10.9. The number of carbonyl (C=O) groups excluding carboxylic acids is 3. The molecule has 180 valence electrons. The number of fused-ring (bicyclic) bond motifs is 1. The summed E-state index contributed by atoms with van der Waals surface area (Å²) < 4.78 is 12.0. The Morgan fingerprint density at radius 2 is 2.15 bits per heavy atom. The van der Waals surface area contributed by atoms with E-state index in [0.29, 0.717) is 21.5 Å². The van der Waals surface area contributed by atoms with Crippen molar-refractivity contribution in [3.05, 3.63) is 46.0 Å². The van der Waals surface area contributed by atoms with Crippen LogP contribution in [0.1, 0.15) is 57.4 Å². The quantitative estimate of drug-likeness (QED) is 0.337. The molecule has 0 saturated heterocycles. The van der Waals surface area contributed by atoms with Gasteiger partial charge in [-0.1, -0.05) is 11.8 Å². The lowest BCUT2D eigenvalue weighted by atomic mass is 10.1. The van der Waals surface area contributed by atoms with Gasteiger partial charge in [0.25, 0.3) is 5.91 Å². The smallest absolute Gasteiger partial charge is 0.341 e. The maximum atomic E-state index is 12.9. The van der Waals surface area contributed by atoms with Gasteiger partial charge in [-0.3, -0.25) is 9.59 Å². The Bertz CT molecular complexity index is 1200. The number of aryl methyl sites for hydroxylation is 1. The van der Waals surface area contributed by atoms with E-state index < -0.39 is 11.2 Å². The molecule has 0 spiro atoms. The van der Waals surface area contributed by atoms with Crippen LogP contribution in [0.4, 0.5) is 5.00 Å². The highest BCUT2D eigenvalue weighted by Gasteiger charge is 2.29. The Labute approximate surface area is 204 Å². The third-order valence-corrected chi connectivity index (χ3v) is 7.71. The van der Waals surface area contributed by atoms with Gasteiger partial charge in [0, 0.05) is 11.9 Å². The van der Waals surface area contributed by atoms with Gasteiger partial charge in [0.15, 0.2) is 16.7 Å². The number of hydrogen-bond donors (Lipinski definition) is 2. The second-order valence-electron chi connectivity index (χ2n) is 7.65. The molecule has 12 heteroatoms. The number of anilines is 1. The SMILES string of the molecule is CCOC(=O)c1c(NC(=O)[C@@H](C)Sc2nnc(CNC(=O)c3ccco3)n2C)sc2c1CCC2. The summed E-state index contributed by atoms with van der Waals surface area (Å²) >= 11 is 2.69. The summed E-state index contributed by atoms with van der Waals surface area (Å²) in [6.07, 6.45) is 4.16. The molecule has 1 aliphatic carbocycles. The Kier molecular flexibility index (Phi) is 7.37. The van der Waals surface area contributed by atoms with Crippen LogP contribution in [0.5, 0.6) is 0 Å². The normalized spacial score (nSPS) is 13.4. The summed E-state index contributed by atoms with van der Waals surface area (Å²) in [5.74, 6) is -0.244. The number of ether oxygens (including phenoxy) is 1. The number of rotatable bonds is 9. The van der Waals surface area contributed by atoms with Gasteiger partial charge in [-0.05, 0) is 50.8 Å². The third kappa shape index (κ3) is 5.02. The van der Waals surface area contributed by atoms with Gasteiger partial charge in [-0.25, -0.2) is 4.79 Å². The fraction of sp³-hybridized carbons (Fsp3) is 0.409. The first-order valence-corrected chi connectivity index (χ1v) is 12.6. The van der Waals surface area contributed by atoms with E-state index >= 15 is 0 Å². The van der Waals surface area contributed by atoms with Crippen LogP contribution in [0.3, 0.4) is 0 Å². The maximum Gasteiger partial charge on any atom is 0.341 e. The number of hydrogen-bond acceptors (Lipinski definition) is 9. The largest absolute Gasteiger partial charge is 0.462 e. The average molecular weight is 504 g/mol. The lowest BCUT2D eigenvalue weighted by molar-refractivity contribution is -0.115. The van der Waals surface area contributed by atoms with Crippen molar-refractivity contribution < 1.29 is 23.5 Å². The first kappa shape index (κ1) is 24.0. The van der Waals surface area contributed by atoms with Crippen LogP contribution in [0.2, 0.25) is 0 Å². The molecule has 0 aliphatic heterocycles. The molecule has 2 N–H and O–H groups in total. The van der Waals surface area contributed by atoms with E-state index in [1.54, 1.807) is 37.6 Å². The number of furan rings is 1. The number of thiophene rings is 1. The molecule has 2 amide bonds. The monoisotopic (exact) mass is 503 g/mol. The molecule has 3 aromatic rings. The van der Waals surface area contributed by atoms with Crippen LogP contribution in [0.25, 0.3) is 0 Å². The predicted molar refractivity (Wildman–Crippen MR) is 127 cm³/mol. The minimum absolute atomic E-state index is 0.161. The molecular formula is C22H25N5O5S2. The average Bonchev–Trinajstić information content (AvgIpc) is 3.59. The van der Waals surface area contributed by atoms with Crippen molar-refractivity contribution >= 4 is 45.9 Å². The molecule has 0 radical (unpaired) electrons. The third-order valence-electron chi connectivity index (χ3n) is 5.37. The maximum absolute atomic E-state index is 12.9. The lowest BCUT2D eigenvalue weighted by Gasteiger charge is -2.12. The van der Waals surface area contributed by atoms with Crippen LogP contribution in [0.15, 0.2) is 28.0 Å². The number of thioether (sulfide) groups is 1. The molecule has 0 unspecified atom stereocenters. The van der Waals surface area contributed by atoms with E-state index in [0.717, 1.165) is 29.7 Å². The summed E-state index contributed by atoms with van der Waals surface area (Å²) in [5, 5.41) is 14.5. The van der Waals surface area contributed by atoms with Crippen LogP contribution in [0, 0.1) is 0 Å². The molecule has 0 saturated carbocycles. The Morgan fingerprint density at radius 1 is 1.32 bits per heavy atom. The van der Waals surface area contributed by atoms with Crippen molar-refractivity contribution in [3.8, 4) is 0 Å². The van der Waals surface area contributed by atoms with Gasteiger partial charge in [-0.2, -0.15) is 0 Å². The van der Waals surface area contributed by atoms with Gasteiger partial charge in [-0.15, -0.1) is 21.5 Å². The molecule has 0 aromatic carbocycles. The predicted octanol–water partition coefficient (Wildman–Crippen LogP) is 3.18. The molecule has 3 heterocycles. The zero-order chi connectivity index (χ0) is 24.2. The topological polar surface area (TPSA) is 128 Å². The highest BCUT2D eigenvalue weighted by molar-refractivity contribution is 8.00. The van der Waals surface area contributed by atoms with Gasteiger partial charge in [0.1, 0.15) is 5.00 Å². The van der Waals surface area contributed by atoms with Crippen LogP contribution < -0.4 is 10.6 Å². The minimum Gasteiger partial charge on any atom is -0.462 e. The summed E-state index contributed by atoms with van der Waals surface area (Å²) in [6, 6.07) is 3.21. The Hall–Kier alpha value is -3.12. The number of nitrogens with one attached hydrogen (secondary N) is 2. The van der Waals surface area contributed by atoms with Crippen molar-refractivity contribution in [2.24, 2.45) is 7.05 Å². The molecule has 0 fully saturated rings. The molecule has 3 aromatic heterocycles. The molecule has 0 bridgehead atoms. The van der Waals surface area contributed by atoms with E-state index in [-0.39, 0.29) is 30.7 Å². The summed E-state index contributed by atoms with van der Waals surface area (Å²) in [7, 11) is 1.77. The van der Waals surface area contributed by atoms with E-state index in [9.17, 15) is 14.4 Å². The first-order chi connectivity index (χ1) is 16.4. The molecule has 4 rings (SSSR count). The lowest BCUT2D eigenvalue weighted by Crippen LogP contribution is -2.24. The standard InChI is InChI=1S/C22H25N5O5S2/c1-4-31-21(30)17-13-7-5-9-15(13)34-20(17)24-18(28)12(2)33-22-26-25-16(27(22)3)11-23-19(29)14-8-6-10-32-14/h6,8,10,12H,4-5,7,9,11H2,1-3H3,(H,23,29)(H,24,28)/t12-/m1/s1. The van der Waals surface area contributed by atoms with Crippen molar-refractivity contribution in [2.45, 2.75) is 50.1 Å². The van der Waals surface area contributed by atoms with Crippen molar-refractivity contribution in [2.75, 3.05) is 11.9 Å². The van der Waals surface area contributed by atoms with Crippen molar-refractivity contribution in [1.82, 2.24) is 20.1 Å². The summed E-state index contributed by atoms with van der Waals surface area (Å²) in [6.45, 7) is 3.96. The van der Waals surface area contributed by atoms with Crippen molar-refractivity contribution in [1.29, 1.82) is 0 Å². The van der Waals surface area contributed by atoms with Gasteiger partial charge >= 0.3 is 5.97 Å². The Balaban J connectivity index is 1.39. The minimum atomic E-state index is -0.500. The highest BCUT2D eigenvalue weighted by Crippen LogP contribution is 2.40.